The number of carbonyl (C=O) groups is 2. The summed E-state index contributed by atoms with van der Waals surface area (Å²) in [6.45, 7) is 0.0307. The van der Waals surface area contributed by atoms with E-state index in [9.17, 15) is 14.7 Å². The van der Waals surface area contributed by atoms with Crippen LogP contribution < -0.4 is 9.47 Å². The van der Waals surface area contributed by atoms with Gasteiger partial charge in [-0.15, -0.1) is 0 Å². The quantitative estimate of drug-likeness (QED) is 0.334. The first-order valence-electron chi connectivity index (χ1n) is 9.74. The lowest BCUT2D eigenvalue weighted by Gasteiger charge is -2.26. The third-order valence-corrected chi connectivity index (χ3v) is 5.64. The molecular formula is C24H20ClNO6. The summed E-state index contributed by atoms with van der Waals surface area (Å²) in [4.78, 5) is 27.6. The number of Topliss-reactive ketones (excluding diaryl/α,β-unsaturated/α-hetero) is 1. The summed E-state index contributed by atoms with van der Waals surface area (Å²) in [5, 5.41) is 11.4. The standard InChI is InChI=1S/C24H20ClNO6/c1-30-14-9-10-18(25)17(12-14)22(27)20-21(16-7-3-4-8-19(16)31-2)26(24(29)23(20)28)13-15-6-5-11-32-15/h3-12,21,27H,13H2,1-2H3/b22-20+. The van der Waals surface area contributed by atoms with Crippen LogP contribution in [0, 0.1) is 0 Å². The highest BCUT2D eigenvalue weighted by Crippen LogP contribution is 2.44. The minimum atomic E-state index is -0.918. The lowest BCUT2D eigenvalue weighted by atomic mass is 9.94. The van der Waals surface area contributed by atoms with Gasteiger partial charge in [0.25, 0.3) is 11.7 Å². The number of methoxy groups -OCH3 is 2. The Morgan fingerprint density at radius 1 is 1.09 bits per heavy atom. The van der Waals surface area contributed by atoms with Crippen LogP contribution in [0.15, 0.2) is 70.9 Å². The first kappa shape index (κ1) is 21.5. The molecule has 2 aromatic carbocycles. The fourth-order valence-corrected chi connectivity index (χ4v) is 3.99. The molecule has 1 fully saturated rings. The molecule has 8 heteroatoms. The molecule has 0 saturated carbocycles. The van der Waals surface area contributed by atoms with Crippen molar-refractivity contribution >= 4 is 29.1 Å². The lowest BCUT2D eigenvalue weighted by Crippen LogP contribution is -2.29. The van der Waals surface area contributed by atoms with Crippen LogP contribution in [0.5, 0.6) is 11.5 Å². The third kappa shape index (κ3) is 3.71. The van der Waals surface area contributed by atoms with Crippen LogP contribution in [0.1, 0.15) is 22.9 Å². The Bertz CT molecular complexity index is 1200. The van der Waals surface area contributed by atoms with Crippen molar-refractivity contribution < 1.29 is 28.6 Å². The van der Waals surface area contributed by atoms with Gasteiger partial charge in [-0.25, -0.2) is 0 Å². The molecule has 1 atom stereocenters. The van der Waals surface area contributed by atoms with Crippen LogP contribution in [0.3, 0.4) is 0 Å². The van der Waals surface area contributed by atoms with E-state index in [4.69, 9.17) is 25.5 Å². The second-order valence-corrected chi connectivity index (χ2v) is 7.50. The number of ether oxygens (including phenoxy) is 2. The van der Waals surface area contributed by atoms with Crippen molar-refractivity contribution in [1.82, 2.24) is 4.90 Å². The Hall–Kier alpha value is -3.71. The van der Waals surface area contributed by atoms with Crippen LogP contribution in [0.2, 0.25) is 5.02 Å². The molecule has 1 amide bonds. The number of hydrogen-bond donors (Lipinski definition) is 1. The van der Waals surface area contributed by atoms with Crippen molar-refractivity contribution in [3.05, 3.63) is 88.3 Å². The second kappa shape index (κ2) is 8.80. The summed E-state index contributed by atoms with van der Waals surface area (Å²) in [5.41, 5.74) is 0.629. The highest BCUT2D eigenvalue weighted by molar-refractivity contribution is 6.47. The zero-order valence-corrected chi connectivity index (χ0v) is 18.1. The van der Waals surface area contributed by atoms with E-state index in [0.717, 1.165) is 0 Å². The predicted octanol–water partition coefficient (Wildman–Crippen LogP) is 4.57. The normalized spacial score (nSPS) is 17.6. The maximum atomic E-state index is 13.2. The number of ketones is 1. The SMILES string of the molecule is COc1ccc(Cl)c(/C(O)=C2\C(=O)C(=O)N(Cc3ccco3)C2c2ccccc2OC)c1. The maximum absolute atomic E-state index is 13.2. The molecular weight excluding hydrogens is 434 g/mol. The highest BCUT2D eigenvalue weighted by Gasteiger charge is 2.47. The number of aliphatic hydroxyl groups is 1. The molecule has 0 radical (unpaired) electrons. The molecule has 1 N–H and O–H groups in total. The van der Waals surface area contributed by atoms with Crippen molar-refractivity contribution in [1.29, 1.82) is 0 Å². The van der Waals surface area contributed by atoms with Crippen LogP contribution in [0.25, 0.3) is 5.76 Å². The van der Waals surface area contributed by atoms with Crippen LogP contribution in [0.4, 0.5) is 0 Å². The average Bonchev–Trinajstić information content (AvgIpc) is 3.41. The zero-order valence-electron chi connectivity index (χ0n) is 17.4. The molecule has 0 bridgehead atoms. The number of carbonyl (C=O) groups excluding carboxylic acids is 2. The minimum Gasteiger partial charge on any atom is -0.507 e. The molecule has 1 aliphatic rings. The fourth-order valence-electron chi connectivity index (χ4n) is 3.79. The van der Waals surface area contributed by atoms with Crippen molar-refractivity contribution in [2.24, 2.45) is 0 Å². The number of amides is 1. The van der Waals surface area contributed by atoms with Gasteiger partial charge in [0.1, 0.15) is 23.0 Å². The summed E-state index contributed by atoms with van der Waals surface area (Å²) < 4.78 is 16.1. The summed E-state index contributed by atoms with van der Waals surface area (Å²) in [6.07, 6.45) is 1.49. The Labute approximate surface area is 189 Å². The minimum absolute atomic E-state index is 0.0307. The topological polar surface area (TPSA) is 89.2 Å². The largest absolute Gasteiger partial charge is 0.507 e. The smallest absolute Gasteiger partial charge is 0.296 e. The van der Waals surface area contributed by atoms with E-state index in [1.165, 1.54) is 31.4 Å². The van der Waals surface area contributed by atoms with Gasteiger partial charge in [0, 0.05) is 11.1 Å². The second-order valence-electron chi connectivity index (χ2n) is 7.09. The monoisotopic (exact) mass is 453 g/mol. The fraction of sp³-hybridized carbons (Fsp3) is 0.167. The van der Waals surface area contributed by atoms with E-state index in [1.807, 2.05) is 0 Å². The summed E-state index contributed by atoms with van der Waals surface area (Å²) in [7, 11) is 2.97. The van der Waals surface area contributed by atoms with E-state index < -0.39 is 23.5 Å². The van der Waals surface area contributed by atoms with Crippen LogP contribution in [-0.2, 0) is 16.1 Å². The Morgan fingerprint density at radius 2 is 1.88 bits per heavy atom. The molecule has 0 spiro atoms. The highest BCUT2D eigenvalue weighted by atomic mass is 35.5. The molecule has 1 saturated heterocycles. The number of para-hydroxylation sites is 1. The molecule has 2 heterocycles. The molecule has 164 valence electrons. The summed E-state index contributed by atoms with van der Waals surface area (Å²) >= 11 is 6.32. The van der Waals surface area contributed by atoms with Gasteiger partial charge in [0.15, 0.2) is 0 Å². The first-order chi connectivity index (χ1) is 15.5. The summed E-state index contributed by atoms with van der Waals surface area (Å²) in [6, 6.07) is 14.2. The number of aliphatic hydroxyl groups excluding tert-OH is 1. The molecule has 1 unspecified atom stereocenters. The molecule has 7 nitrogen and oxygen atoms in total. The van der Waals surface area contributed by atoms with E-state index in [0.29, 0.717) is 22.8 Å². The number of nitrogens with zero attached hydrogens (tertiary/aromatic N) is 1. The van der Waals surface area contributed by atoms with Crippen molar-refractivity contribution in [2.75, 3.05) is 14.2 Å². The van der Waals surface area contributed by atoms with Gasteiger partial charge in [-0.3, -0.25) is 9.59 Å². The number of likely N-dealkylation sites (tertiary alicyclic amines) is 1. The zero-order chi connectivity index (χ0) is 22.8. The number of benzene rings is 2. The van der Waals surface area contributed by atoms with Crippen molar-refractivity contribution in [3.8, 4) is 11.5 Å². The van der Waals surface area contributed by atoms with Gasteiger partial charge < -0.3 is 23.9 Å². The van der Waals surface area contributed by atoms with Gasteiger partial charge in [-0.1, -0.05) is 29.8 Å². The van der Waals surface area contributed by atoms with Crippen molar-refractivity contribution in [3.63, 3.8) is 0 Å². The third-order valence-electron chi connectivity index (χ3n) is 5.31. The first-order valence-corrected chi connectivity index (χ1v) is 10.1. The van der Waals surface area contributed by atoms with Gasteiger partial charge in [0.2, 0.25) is 0 Å². The molecule has 3 aromatic rings. The van der Waals surface area contributed by atoms with E-state index in [1.54, 1.807) is 48.5 Å². The van der Waals surface area contributed by atoms with Crippen LogP contribution >= 0.6 is 11.6 Å². The van der Waals surface area contributed by atoms with Crippen molar-refractivity contribution in [2.45, 2.75) is 12.6 Å². The molecule has 1 aliphatic heterocycles. The average molecular weight is 454 g/mol. The number of furan rings is 1. The van der Waals surface area contributed by atoms with Gasteiger partial charge in [0.05, 0.1) is 43.7 Å². The lowest BCUT2D eigenvalue weighted by molar-refractivity contribution is -0.140. The number of rotatable bonds is 6. The van der Waals surface area contributed by atoms with Gasteiger partial charge in [-0.05, 0) is 36.4 Å². The van der Waals surface area contributed by atoms with Crippen LogP contribution in [-0.4, -0.2) is 35.9 Å². The van der Waals surface area contributed by atoms with E-state index >= 15 is 0 Å². The number of halogens is 1. The summed E-state index contributed by atoms with van der Waals surface area (Å²) in [5.74, 6) is -0.598. The van der Waals surface area contributed by atoms with E-state index in [-0.39, 0.29) is 22.7 Å². The molecule has 0 aliphatic carbocycles. The Morgan fingerprint density at radius 3 is 2.56 bits per heavy atom. The molecule has 1 aromatic heterocycles. The molecule has 32 heavy (non-hydrogen) atoms. The van der Waals surface area contributed by atoms with E-state index in [2.05, 4.69) is 0 Å². The molecule has 4 rings (SSSR count). The predicted molar refractivity (Wildman–Crippen MR) is 118 cm³/mol. The Kier molecular flexibility index (Phi) is 5.92. The Balaban J connectivity index is 1.94. The van der Waals surface area contributed by atoms with Gasteiger partial charge >= 0.3 is 0 Å². The number of hydrogen-bond acceptors (Lipinski definition) is 6. The maximum Gasteiger partial charge on any atom is 0.296 e. The van der Waals surface area contributed by atoms with Gasteiger partial charge in [-0.2, -0.15) is 0 Å².